The van der Waals surface area contributed by atoms with Gasteiger partial charge in [0.25, 0.3) is 0 Å². The van der Waals surface area contributed by atoms with Crippen LogP contribution in [-0.2, 0) is 0 Å². The highest BCUT2D eigenvalue weighted by Crippen LogP contribution is 2.42. The maximum absolute atomic E-state index is 2.37. The molecule has 0 radical (unpaired) electrons. The van der Waals surface area contributed by atoms with E-state index in [0.717, 1.165) is 22.7 Å². The van der Waals surface area contributed by atoms with Crippen LogP contribution in [0.1, 0.15) is 0 Å². The van der Waals surface area contributed by atoms with Gasteiger partial charge in [-0.05, 0) is 93.5 Å². The van der Waals surface area contributed by atoms with E-state index in [4.69, 9.17) is 0 Å². The molecule has 9 aromatic carbocycles. The number of fused-ring (bicyclic) bond motifs is 3. The van der Waals surface area contributed by atoms with Crippen LogP contribution in [0.25, 0.3) is 72.0 Å². The third-order valence-corrected chi connectivity index (χ3v) is 10.8. The molecule has 0 fully saturated rings. The van der Waals surface area contributed by atoms with Crippen LogP contribution in [0.15, 0.2) is 231 Å². The lowest BCUT2D eigenvalue weighted by Gasteiger charge is -2.28. The average molecular weight is 715 g/mol. The van der Waals surface area contributed by atoms with E-state index in [9.17, 15) is 0 Å². The number of benzene rings is 9. The molecule has 10 rings (SSSR count). The van der Waals surface area contributed by atoms with Crippen molar-refractivity contribution < 1.29 is 0 Å². The minimum absolute atomic E-state index is 1.10. The lowest BCUT2D eigenvalue weighted by atomic mass is 9.99. The van der Waals surface area contributed by atoms with Gasteiger partial charge in [0.15, 0.2) is 0 Å². The Morgan fingerprint density at radius 2 is 0.625 bits per heavy atom. The first-order valence-electron chi connectivity index (χ1n) is 19.2. The van der Waals surface area contributed by atoms with Crippen molar-refractivity contribution in [3.05, 3.63) is 231 Å². The summed E-state index contributed by atoms with van der Waals surface area (Å²) >= 11 is 0. The van der Waals surface area contributed by atoms with Crippen LogP contribution >= 0.6 is 0 Å². The Hall–Kier alpha value is -7.42. The van der Waals surface area contributed by atoms with E-state index in [1.54, 1.807) is 0 Å². The molecular weight excluding hydrogens is 677 g/mol. The van der Waals surface area contributed by atoms with Crippen LogP contribution in [-0.4, -0.2) is 4.57 Å². The lowest BCUT2D eigenvalue weighted by molar-refractivity contribution is 1.18. The van der Waals surface area contributed by atoms with Crippen LogP contribution in [0.2, 0.25) is 0 Å². The zero-order valence-electron chi connectivity index (χ0n) is 30.8. The Balaban J connectivity index is 0.996. The second kappa shape index (κ2) is 14.4. The first kappa shape index (κ1) is 33.2. The molecular formula is C54H38N2. The van der Waals surface area contributed by atoms with E-state index in [1.807, 2.05) is 0 Å². The third-order valence-electron chi connectivity index (χ3n) is 10.8. The minimum Gasteiger partial charge on any atom is -0.310 e. The van der Waals surface area contributed by atoms with Gasteiger partial charge >= 0.3 is 0 Å². The monoisotopic (exact) mass is 714 g/mol. The summed E-state index contributed by atoms with van der Waals surface area (Å²) in [4.78, 5) is 2.37. The Morgan fingerprint density at radius 3 is 1.12 bits per heavy atom. The van der Waals surface area contributed by atoms with Crippen LogP contribution in [0.3, 0.4) is 0 Å². The van der Waals surface area contributed by atoms with Gasteiger partial charge in [-0.2, -0.15) is 0 Å². The lowest BCUT2D eigenvalue weighted by Crippen LogP contribution is -2.11. The van der Waals surface area contributed by atoms with E-state index < -0.39 is 0 Å². The van der Waals surface area contributed by atoms with Crippen LogP contribution < -0.4 is 4.90 Å². The highest BCUT2D eigenvalue weighted by molar-refractivity contribution is 6.09. The molecule has 0 spiro atoms. The molecule has 0 atom stereocenters. The molecule has 0 aliphatic carbocycles. The van der Waals surface area contributed by atoms with Gasteiger partial charge in [0.2, 0.25) is 0 Å². The van der Waals surface area contributed by atoms with Crippen molar-refractivity contribution in [1.29, 1.82) is 0 Å². The quantitative estimate of drug-likeness (QED) is 0.152. The molecule has 0 saturated carbocycles. The molecule has 2 heteroatoms. The van der Waals surface area contributed by atoms with Gasteiger partial charge in [-0.25, -0.2) is 0 Å². The summed E-state index contributed by atoms with van der Waals surface area (Å²) in [7, 11) is 0. The topological polar surface area (TPSA) is 8.17 Å². The molecule has 264 valence electrons. The van der Waals surface area contributed by atoms with Gasteiger partial charge in [0.1, 0.15) is 0 Å². The highest BCUT2D eigenvalue weighted by Gasteiger charge is 2.18. The molecule has 0 unspecified atom stereocenters. The smallest absolute Gasteiger partial charge is 0.0541 e. The van der Waals surface area contributed by atoms with Gasteiger partial charge in [-0.1, -0.05) is 176 Å². The average Bonchev–Trinajstić information content (AvgIpc) is 3.62. The second-order valence-corrected chi connectivity index (χ2v) is 14.2. The Labute approximate surface area is 327 Å². The molecule has 56 heavy (non-hydrogen) atoms. The molecule has 0 aliphatic heterocycles. The number of aromatic nitrogens is 1. The van der Waals surface area contributed by atoms with Crippen LogP contribution in [0.5, 0.6) is 0 Å². The summed E-state index contributed by atoms with van der Waals surface area (Å²) in [6.07, 6.45) is 0. The number of anilines is 3. The number of nitrogens with zero attached hydrogens (tertiary/aromatic N) is 2. The SMILES string of the molecule is c1ccc(-c2ccc(-c3ccc(N(c4ccc(-c5ccc(-n6c7ccccc7c7ccccc76)cc5)cc4)c4ccccc4-c4ccccc4)cc3)cc2)cc1. The van der Waals surface area contributed by atoms with Crippen molar-refractivity contribution in [2.24, 2.45) is 0 Å². The first-order chi connectivity index (χ1) is 27.8. The Kier molecular flexibility index (Phi) is 8.55. The second-order valence-electron chi connectivity index (χ2n) is 14.2. The largest absolute Gasteiger partial charge is 0.310 e. The molecule has 0 saturated heterocycles. The summed E-state index contributed by atoms with van der Waals surface area (Å²) in [6.45, 7) is 0. The zero-order valence-corrected chi connectivity index (χ0v) is 30.8. The summed E-state index contributed by atoms with van der Waals surface area (Å²) in [5.41, 5.74) is 16.5. The van der Waals surface area contributed by atoms with Crippen LogP contribution in [0.4, 0.5) is 17.1 Å². The molecule has 1 aromatic heterocycles. The standard InChI is InChI=1S/C54H38N2/c1-3-13-39(14-4-1)40-23-25-41(26-24-40)42-27-33-46(34-28-42)55(52-20-10-7-17-49(52)45-15-5-2-6-16-45)47-35-29-43(30-36-47)44-31-37-48(38-32-44)56-53-21-11-8-18-50(53)51-19-9-12-22-54(51)56/h1-38H. The Morgan fingerprint density at radius 1 is 0.268 bits per heavy atom. The van der Waals surface area contributed by atoms with Gasteiger partial charge < -0.3 is 9.47 Å². The maximum Gasteiger partial charge on any atom is 0.0541 e. The van der Waals surface area contributed by atoms with Crippen LogP contribution in [0, 0.1) is 0 Å². The van der Waals surface area contributed by atoms with E-state index in [1.165, 1.54) is 66.3 Å². The summed E-state index contributed by atoms with van der Waals surface area (Å²) in [5.74, 6) is 0. The third kappa shape index (κ3) is 6.14. The van der Waals surface area contributed by atoms with Crippen molar-refractivity contribution in [3.63, 3.8) is 0 Å². The molecule has 2 nitrogen and oxygen atoms in total. The van der Waals surface area contributed by atoms with Gasteiger partial charge in [-0.15, -0.1) is 0 Å². The van der Waals surface area contributed by atoms with Crippen molar-refractivity contribution in [1.82, 2.24) is 4.57 Å². The first-order valence-corrected chi connectivity index (χ1v) is 19.2. The predicted octanol–water partition coefficient (Wildman–Crippen LogP) is 14.9. The summed E-state index contributed by atoms with van der Waals surface area (Å²) < 4.78 is 2.37. The number of rotatable bonds is 8. The summed E-state index contributed by atoms with van der Waals surface area (Å²) in [6, 6.07) is 82.9. The highest BCUT2D eigenvalue weighted by atomic mass is 15.1. The van der Waals surface area contributed by atoms with Crippen molar-refractivity contribution in [3.8, 4) is 50.2 Å². The normalized spacial score (nSPS) is 11.2. The van der Waals surface area contributed by atoms with Gasteiger partial charge in [0, 0.05) is 33.4 Å². The molecule has 1 heterocycles. The van der Waals surface area contributed by atoms with Crippen molar-refractivity contribution >= 4 is 38.9 Å². The molecule has 0 amide bonds. The van der Waals surface area contributed by atoms with Gasteiger partial charge in [-0.3, -0.25) is 0 Å². The molecule has 0 N–H and O–H groups in total. The molecule has 0 aliphatic rings. The molecule has 0 bridgehead atoms. The van der Waals surface area contributed by atoms with E-state index in [0.29, 0.717) is 0 Å². The zero-order chi connectivity index (χ0) is 37.3. The van der Waals surface area contributed by atoms with E-state index in [-0.39, 0.29) is 0 Å². The Bertz CT molecular complexity index is 2850. The fourth-order valence-electron chi connectivity index (χ4n) is 8.05. The number of hydrogen-bond donors (Lipinski definition) is 0. The van der Waals surface area contributed by atoms with Crippen molar-refractivity contribution in [2.75, 3.05) is 4.90 Å². The van der Waals surface area contributed by atoms with E-state index >= 15 is 0 Å². The maximum atomic E-state index is 2.37. The fourth-order valence-corrected chi connectivity index (χ4v) is 8.05. The molecule has 10 aromatic rings. The van der Waals surface area contributed by atoms with E-state index in [2.05, 4.69) is 240 Å². The van der Waals surface area contributed by atoms with Crippen molar-refractivity contribution in [2.45, 2.75) is 0 Å². The number of hydrogen-bond acceptors (Lipinski definition) is 1. The predicted molar refractivity (Wildman–Crippen MR) is 237 cm³/mol. The number of para-hydroxylation sites is 3. The fraction of sp³-hybridized carbons (Fsp3) is 0. The van der Waals surface area contributed by atoms with Gasteiger partial charge in [0.05, 0.1) is 16.7 Å². The minimum atomic E-state index is 1.10. The summed E-state index contributed by atoms with van der Waals surface area (Å²) in [5, 5.41) is 2.54.